The molecule has 0 bridgehead atoms. The lowest BCUT2D eigenvalue weighted by molar-refractivity contribution is 0.630. The topological polar surface area (TPSA) is 50.9 Å². The number of anilines is 2. The van der Waals surface area contributed by atoms with Crippen LogP contribution in [0.2, 0.25) is 0 Å². The van der Waals surface area contributed by atoms with Gasteiger partial charge in [0.1, 0.15) is 5.82 Å². The van der Waals surface area contributed by atoms with Crippen LogP contribution >= 0.6 is 0 Å². The van der Waals surface area contributed by atoms with Crippen molar-refractivity contribution in [3.8, 4) is 0 Å². The Hall–Kier alpha value is -1.25. The molecule has 0 aromatic carbocycles. The molecule has 1 aromatic heterocycles. The van der Waals surface area contributed by atoms with Gasteiger partial charge < -0.3 is 11.1 Å². The molecule has 0 radical (unpaired) electrons. The summed E-state index contributed by atoms with van der Waals surface area (Å²) in [5.74, 6) is 0.937. The minimum atomic E-state index is 0.428. The number of nitrogens with two attached hydrogens (primary N) is 1. The average molecular weight is 191 g/mol. The van der Waals surface area contributed by atoms with E-state index in [2.05, 4.69) is 24.1 Å². The van der Waals surface area contributed by atoms with E-state index in [0.29, 0.717) is 11.5 Å². The number of aryl methyl sites for hydroxylation is 1. The van der Waals surface area contributed by atoms with Crippen molar-refractivity contribution in [2.24, 2.45) is 5.41 Å². The monoisotopic (exact) mass is 191 g/mol. The lowest BCUT2D eigenvalue weighted by Gasteiger charge is -2.08. The molecule has 1 atom stereocenters. The minimum Gasteiger partial charge on any atom is -0.397 e. The normalized spacial score (nSPS) is 23.2. The van der Waals surface area contributed by atoms with E-state index in [0.717, 1.165) is 17.1 Å². The van der Waals surface area contributed by atoms with Crippen LogP contribution in [0.15, 0.2) is 12.3 Å². The Morgan fingerprint density at radius 1 is 1.57 bits per heavy atom. The van der Waals surface area contributed by atoms with Gasteiger partial charge in [0.05, 0.1) is 11.9 Å². The first-order chi connectivity index (χ1) is 6.49. The summed E-state index contributed by atoms with van der Waals surface area (Å²) in [7, 11) is 0. The first kappa shape index (κ1) is 9.31. The number of nitrogen functional groups attached to an aromatic ring is 1. The van der Waals surface area contributed by atoms with Crippen molar-refractivity contribution in [1.82, 2.24) is 4.98 Å². The molecule has 1 unspecified atom stereocenters. The van der Waals surface area contributed by atoms with Gasteiger partial charge in [-0.25, -0.2) is 4.98 Å². The van der Waals surface area contributed by atoms with E-state index in [4.69, 9.17) is 5.73 Å². The van der Waals surface area contributed by atoms with Gasteiger partial charge in [-0.1, -0.05) is 13.8 Å². The summed E-state index contributed by atoms with van der Waals surface area (Å²) in [6.07, 6.45) is 2.94. The molecular weight excluding hydrogens is 174 g/mol. The SMILES string of the molecule is Cc1cc(NC2CC2(C)C)ncc1N. The third-order valence-corrected chi connectivity index (χ3v) is 2.99. The highest BCUT2D eigenvalue weighted by molar-refractivity contribution is 5.51. The maximum absolute atomic E-state index is 5.70. The van der Waals surface area contributed by atoms with Gasteiger partial charge in [0.15, 0.2) is 0 Å². The molecular formula is C11H17N3. The summed E-state index contributed by atoms with van der Waals surface area (Å²) >= 11 is 0. The summed E-state index contributed by atoms with van der Waals surface area (Å²) in [4.78, 5) is 4.25. The molecule has 0 spiro atoms. The smallest absolute Gasteiger partial charge is 0.126 e. The second-order valence-corrected chi connectivity index (χ2v) is 4.82. The predicted molar refractivity (Wildman–Crippen MR) is 59.2 cm³/mol. The van der Waals surface area contributed by atoms with Crippen LogP contribution in [0.25, 0.3) is 0 Å². The molecule has 1 heterocycles. The summed E-state index contributed by atoms with van der Waals surface area (Å²) in [6.45, 7) is 6.52. The maximum Gasteiger partial charge on any atom is 0.126 e. The van der Waals surface area contributed by atoms with Crippen LogP contribution in [0.5, 0.6) is 0 Å². The molecule has 3 nitrogen and oxygen atoms in total. The van der Waals surface area contributed by atoms with E-state index in [1.54, 1.807) is 6.20 Å². The van der Waals surface area contributed by atoms with Crippen molar-refractivity contribution in [2.75, 3.05) is 11.1 Å². The standard InChI is InChI=1S/C11H17N3/c1-7-4-10(13-6-8(7)12)14-9-5-11(9,2)3/h4,6,9H,5,12H2,1-3H3,(H,13,14). The number of nitrogens with zero attached hydrogens (tertiary/aromatic N) is 1. The van der Waals surface area contributed by atoms with Crippen molar-refractivity contribution in [2.45, 2.75) is 33.2 Å². The second-order valence-electron chi connectivity index (χ2n) is 4.82. The predicted octanol–water partition coefficient (Wildman–Crippen LogP) is 2.18. The molecule has 0 saturated heterocycles. The Morgan fingerprint density at radius 2 is 2.21 bits per heavy atom. The molecule has 2 rings (SSSR count). The van der Waals surface area contributed by atoms with Gasteiger partial charge in [-0.2, -0.15) is 0 Å². The second kappa shape index (κ2) is 2.87. The Labute approximate surface area is 84.7 Å². The molecule has 3 heteroatoms. The highest BCUT2D eigenvalue weighted by Crippen LogP contribution is 2.46. The number of pyridine rings is 1. The first-order valence-electron chi connectivity index (χ1n) is 4.98. The third-order valence-electron chi connectivity index (χ3n) is 2.99. The highest BCUT2D eigenvalue weighted by atomic mass is 15.1. The quantitative estimate of drug-likeness (QED) is 0.753. The van der Waals surface area contributed by atoms with Crippen LogP contribution in [0.1, 0.15) is 25.8 Å². The van der Waals surface area contributed by atoms with E-state index in [9.17, 15) is 0 Å². The van der Waals surface area contributed by atoms with E-state index in [-0.39, 0.29) is 0 Å². The molecule has 0 amide bonds. The molecule has 1 aliphatic carbocycles. The van der Waals surface area contributed by atoms with Crippen molar-refractivity contribution in [3.05, 3.63) is 17.8 Å². The molecule has 1 saturated carbocycles. The number of nitrogens with one attached hydrogen (secondary N) is 1. The molecule has 14 heavy (non-hydrogen) atoms. The molecule has 1 aliphatic rings. The largest absolute Gasteiger partial charge is 0.397 e. The van der Waals surface area contributed by atoms with Crippen molar-refractivity contribution in [3.63, 3.8) is 0 Å². The number of aromatic nitrogens is 1. The molecule has 0 aliphatic heterocycles. The highest BCUT2D eigenvalue weighted by Gasteiger charge is 2.45. The number of rotatable bonds is 2. The fourth-order valence-electron chi connectivity index (χ4n) is 1.54. The average Bonchev–Trinajstić information content (AvgIpc) is 2.67. The van der Waals surface area contributed by atoms with Gasteiger partial charge >= 0.3 is 0 Å². The van der Waals surface area contributed by atoms with Gasteiger partial charge in [-0.05, 0) is 30.4 Å². The zero-order valence-electron chi connectivity index (χ0n) is 8.96. The zero-order valence-corrected chi connectivity index (χ0v) is 8.96. The van der Waals surface area contributed by atoms with E-state index in [1.807, 2.05) is 13.0 Å². The third kappa shape index (κ3) is 1.67. The summed E-state index contributed by atoms with van der Waals surface area (Å²) in [5.41, 5.74) is 7.97. The van der Waals surface area contributed by atoms with Crippen LogP contribution in [0.3, 0.4) is 0 Å². The number of hydrogen-bond donors (Lipinski definition) is 2. The summed E-state index contributed by atoms with van der Waals surface area (Å²) in [6, 6.07) is 2.57. The van der Waals surface area contributed by atoms with Crippen LogP contribution < -0.4 is 11.1 Å². The maximum atomic E-state index is 5.70. The van der Waals surface area contributed by atoms with Gasteiger partial charge in [0.25, 0.3) is 0 Å². The lowest BCUT2D eigenvalue weighted by Crippen LogP contribution is -2.10. The first-order valence-corrected chi connectivity index (χ1v) is 4.98. The van der Waals surface area contributed by atoms with Crippen LogP contribution in [0.4, 0.5) is 11.5 Å². The van der Waals surface area contributed by atoms with Crippen LogP contribution in [-0.4, -0.2) is 11.0 Å². The van der Waals surface area contributed by atoms with Crippen LogP contribution in [0, 0.1) is 12.3 Å². The Balaban J connectivity index is 2.08. The Kier molecular flexibility index (Phi) is 1.91. The molecule has 3 N–H and O–H groups in total. The fraction of sp³-hybridized carbons (Fsp3) is 0.545. The Bertz CT molecular complexity index is 358. The van der Waals surface area contributed by atoms with Gasteiger partial charge in [-0.3, -0.25) is 0 Å². The summed E-state index contributed by atoms with van der Waals surface area (Å²) < 4.78 is 0. The van der Waals surface area contributed by atoms with Gasteiger partial charge in [0, 0.05) is 6.04 Å². The fourth-order valence-corrected chi connectivity index (χ4v) is 1.54. The molecule has 1 fully saturated rings. The minimum absolute atomic E-state index is 0.428. The van der Waals surface area contributed by atoms with Crippen LogP contribution in [-0.2, 0) is 0 Å². The van der Waals surface area contributed by atoms with Gasteiger partial charge in [0.2, 0.25) is 0 Å². The zero-order chi connectivity index (χ0) is 10.3. The summed E-state index contributed by atoms with van der Waals surface area (Å²) in [5, 5.41) is 3.41. The number of hydrogen-bond acceptors (Lipinski definition) is 3. The van der Waals surface area contributed by atoms with Crippen molar-refractivity contribution >= 4 is 11.5 Å². The molecule has 76 valence electrons. The van der Waals surface area contributed by atoms with E-state index in [1.165, 1.54) is 6.42 Å². The van der Waals surface area contributed by atoms with Gasteiger partial charge in [-0.15, -0.1) is 0 Å². The lowest BCUT2D eigenvalue weighted by atomic mass is 10.2. The van der Waals surface area contributed by atoms with Crippen molar-refractivity contribution in [1.29, 1.82) is 0 Å². The Morgan fingerprint density at radius 3 is 2.71 bits per heavy atom. The molecule has 1 aromatic rings. The van der Waals surface area contributed by atoms with E-state index >= 15 is 0 Å². The van der Waals surface area contributed by atoms with E-state index < -0.39 is 0 Å². The van der Waals surface area contributed by atoms with Crippen molar-refractivity contribution < 1.29 is 0 Å².